The Morgan fingerprint density at radius 3 is 2.84 bits per heavy atom. The maximum atomic E-state index is 12.4. The summed E-state index contributed by atoms with van der Waals surface area (Å²) < 4.78 is 7.34. The molecule has 1 saturated carbocycles. The Kier molecular flexibility index (Phi) is 5.57. The highest BCUT2D eigenvalue weighted by molar-refractivity contribution is 5.94. The molecule has 2 heterocycles. The molecule has 3 N–H and O–H groups in total. The largest absolute Gasteiger partial charge is 0.376 e. The van der Waals surface area contributed by atoms with Crippen molar-refractivity contribution >= 4 is 11.9 Å². The van der Waals surface area contributed by atoms with Crippen molar-refractivity contribution in [1.82, 2.24) is 25.7 Å². The lowest BCUT2D eigenvalue weighted by molar-refractivity contribution is 0.0922. The molecule has 1 aromatic rings. The molecule has 25 heavy (non-hydrogen) atoms. The number of fused-ring (bicyclic) bond motifs is 1. The van der Waals surface area contributed by atoms with E-state index in [9.17, 15) is 9.59 Å². The minimum Gasteiger partial charge on any atom is -0.376 e. The van der Waals surface area contributed by atoms with Crippen molar-refractivity contribution in [2.24, 2.45) is 5.92 Å². The van der Waals surface area contributed by atoms with Gasteiger partial charge in [0.25, 0.3) is 5.91 Å². The fourth-order valence-electron chi connectivity index (χ4n) is 2.79. The average Bonchev–Trinajstić information content (AvgIpc) is 3.32. The highest BCUT2D eigenvalue weighted by Crippen LogP contribution is 2.23. The van der Waals surface area contributed by atoms with Crippen LogP contribution in [-0.2, 0) is 24.3 Å². The second kappa shape index (κ2) is 7.86. The number of nitrogens with zero attached hydrogens (tertiary/aromatic N) is 2. The molecule has 3 amide bonds. The normalized spacial score (nSPS) is 16.4. The van der Waals surface area contributed by atoms with Gasteiger partial charge in [-0.3, -0.25) is 9.48 Å². The van der Waals surface area contributed by atoms with E-state index in [-0.39, 0.29) is 11.9 Å². The van der Waals surface area contributed by atoms with Crippen molar-refractivity contribution in [3.63, 3.8) is 0 Å². The molecule has 8 heteroatoms. The standard InChI is InChI=1S/C17H27N5O3/c1-11(2)9-19-17(24)18-6-7-22-14-5-8-25-10-13(14)15(21-22)16(23)20-12-3-4-12/h11-12H,3-10H2,1-2H3,(H,20,23)(H2,18,19,24). The van der Waals surface area contributed by atoms with Crippen LogP contribution in [0.4, 0.5) is 4.79 Å². The Morgan fingerprint density at radius 2 is 2.12 bits per heavy atom. The van der Waals surface area contributed by atoms with Gasteiger partial charge in [0, 0.05) is 36.8 Å². The zero-order valence-corrected chi connectivity index (χ0v) is 14.9. The van der Waals surface area contributed by atoms with Gasteiger partial charge in [0.05, 0.1) is 19.8 Å². The van der Waals surface area contributed by atoms with Crippen LogP contribution < -0.4 is 16.0 Å². The molecular weight excluding hydrogens is 322 g/mol. The number of hydrogen-bond acceptors (Lipinski definition) is 4. The molecule has 1 aromatic heterocycles. The van der Waals surface area contributed by atoms with E-state index in [0.29, 0.717) is 50.5 Å². The molecule has 0 aromatic carbocycles. The zero-order valence-electron chi connectivity index (χ0n) is 14.9. The topological polar surface area (TPSA) is 97.3 Å². The molecule has 0 unspecified atom stereocenters. The molecule has 3 rings (SSSR count). The third-order valence-corrected chi connectivity index (χ3v) is 4.30. The number of carbonyl (C=O) groups excluding carboxylic acids is 2. The van der Waals surface area contributed by atoms with Crippen LogP contribution in [-0.4, -0.2) is 47.5 Å². The summed E-state index contributed by atoms with van der Waals surface area (Å²) in [4.78, 5) is 24.1. The maximum Gasteiger partial charge on any atom is 0.314 e. The fraction of sp³-hybridized carbons (Fsp3) is 0.706. The van der Waals surface area contributed by atoms with Gasteiger partial charge in [0.15, 0.2) is 5.69 Å². The minimum atomic E-state index is -0.176. The van der Waals surface area contributed by atoms with Crippen LogP contribution in [0.2, 0.25) is 0 Å². The average molecular weight is 349 g/mol. The molecule has 0 radical (unpaired) electrons. The number of hydrogen-bond donors (Lipinski definition) is 3. The molecule has 1 fully saturated rings. The summed E-state index contributed by atoms with van der Waals surface area (Å²) in [5.74, 6) is 0.294. The lowest BCUT2D eigenvalue weighted by atomic mass is 10.1. The van der Waals surface area contributed by atoms with Crippen LogP contribution in [0, 0.1) is 5.92 Å². The number of carbonyl (C=O) groups is 2. The first-order valence-electron chi connectivity index (χ1n) is 9.03. The summed E-state index contributed by atoms with van der Waals surface area (Å²) in [7, 11) is 0. The van der Waals surface area contributed by atoms with Gasteiger partial charge in [-0.25, -0.2) is 4.79 Å². The Bertz CT molecular complexity index is 636. The number of rotatable bonds is 7. The van der Waals surface area contributed by atoms with Crippen LogP contribution in [0.5, 0.6) is 0 Å². The number of nitrogens with one attached hydrogen (secondary N) is 3. The molecule has 0 atom stereocenters. The Balaban J connectivity index is 1.59. The van der Waals surface area contributed by atoms with Gasteiger partial charge >= 0.3 is 6.03 Å². The molecular formula is C17H27N5O3. The van der Waals surface area contributed by atoms with E-state index in [1.165, 1.54) is 0 Å². The van der Waals surface area contributed by atoms with Crippen molar-refractivity contribution in [2.75, 3.05) is 19.7 Å². The molecule has 0 bridgehead atoms. The highest BCUT2D eigenvalue weighted by atomic mass is 16.5. The minimum absolute atomic E-state index is 0.120. The summed E-state index contributed by atoms with van der Waals surface area (Å²) in [6.45, 7) is 6.79. The van der Waals surface area contributed by atoms with E-state index in [2.05, 4.69) is 21.0 Å². The van der Waals surface area contributed by atoms with E-state index in [1.807, 2.05) is 18.5 Å². The first-order chi connectivity index (χ1) is 12.0. The Morgan fingerprint density at radius 1 is 1.32 bits per heavy atom. The predicted octanol–water partition coefficient (Wildman–Crippen LogP) is 0.803. The van der Waals surface area contributed by atoms with Crippen LogP contribution >= 0.6 is 0 Å². The molecule has 0 spiro atoms. The van der Waals surface area contributed by atoms with E-state index < -0.39 is 0 Å². The van der Waals surface area contributed by atoms with Gasteiger partial charge < -0.3 is 20.7 Å². The zero-order chi connectivity index (χ0) is 17.8. The van der Waals surface area contributed by atoms with Gasteiger partial charge in [-0.1, -0.05) is 13.8 Å². The monoisotopic (exact) mass is 349 g/mol. The van der Waals surface area contributed by atoms with Crippen molar-refractivity contribution in [2.45, 2.75) is 52.3 Å². The van der Waals surface area contributed by atoms with Gasteiger partial charge in [-0.2, -0.15) is 5.10 Å². The maximum absolute atomic E-state index is 12.4. The summed E-state index contributed by atoms with van der Waals surface area (Å²) in [5, 5.41) is 13.1. The van der Waals surface area contributed by atoms with Gasteiger partial charge in [0.2, 0.25) is 0 Å². The van der Waals surface area contributed by atoms with E-state index >= 15 is 0 Å². The number of aromatic nitrogens is 2. The summed E-state index contributed by atoms with van der Waals surface area (Å²) >= 11 is 0. The lowest BCUT2D eigenvalue weighted by Gasteiger charge is -2.15. The van der Waals surface area contributed by atoms with Crippen molar-refractivity contribution in [3.05, 3.63) is 17.0 Å². The third-order valence-electron chi connectivity index (χ3n) is 4.30. The Hall–Kier alpha value is -2.09. The SMILES string of the molecule is CC(C)CNC(=O)NCCn1nc(C(=O)NC2CC2)c2c1CCOC2. The second-order valence-corrected chi connectivity index (χ2v) is 7.08. The Labute approximate surface area is 147 Å². The molecule has 138 valence electrons. The third kappa shape index (κ3) is 4.72. The van der Waals surface area contributed by atoms with Crippen molar-refractivity contribution < 1.29 is 14.3 Å². The number of amides is 3. The molecule has 2 aliphatic rings. The predicted molar refractivity (Wildman–Crippen MR) is 92.3 cm³/mol. The van der Waals surface area contributed by atoms with E-state index in [1.54, 1.807) is 0 Å². The fourth-order valence-corrected chi connectivity index (χ4v) is 2.79. The summed E-state index contributed by atoms with van der Waals surface area (Å²) in [5.41, 5.74) is 2.39. The summed E-state index contributed by atoms with van der Waals surface area (Å²) in [6.07, 6.45) is 2.82. The number of ether oxygens (including phenoxy) is 1. The first-order valence-corrected chi connectivity index (χ1v) is 9.03. The van der Waals surface area contributed by atoms with Crippen molar-refractivity contribution in [1.29, 1.82) is 0 Å². The van der Waals surface area contributed by atoms with Gasteiger partial charge in [-0.05, 0) is 18.8 Å². The van der Waals surface area contributed by atoms with E-state index in [0.717, 1.165) is 30.5 Å². The van der Waals surface area contributed by atoms with Gasteiger partial charge in [-0.15, -0.1) is 0 Å². The summed E-state index contributed by atoms with van der Waals surface area (Å²) in [6, 6.07) is 0.119. The van der Waals surface area contributed by atoms with Crippen LogP contribution in [0.1, 0.15) is 48.4 Å². The second-order valence-electron chi connectivity index (χ2n) is 7.08. The van der Waals surface area contributed by atoms with Crippen LogP contribution in [0.15, 0.2) is 0 Å². The lowest BCUT2D eigenvalue weighted by Crippen LogP contribution is -2.39. The van der Waals surface area contributed by atoms with Crippen molar-refractivity contribution in [3.8, 4) is 0 Å². The quantitative estimate of drug-likeness (QED) is 0.678. The number of urea groups is 1. The first kappa shape index (κ1) is 17.7. The van der Waals surface area contributed by atoms with Crippen LogP contribution in [0.3, 0.4) is 0 Å². The van der Waals surface area contributed by atoms with Crippen LogP contribution in [0.25, 0.3) is 0 Å². The van der Waals surface area contributed by atoms with E-state index in [4.69, 9.17) is 4.74 Å². The highest BCUT2D eigenvalue weighted by Gasteiger charge is 2.29. The molecule has 1 aliphatic carbocycles. The molecule has 1 aliphatic heterocycles. The molecule has 0 saturated heterocycles. The smallest absolute Gasteiger partial charge is 0.314 e. The molecule has 8 nitrogen and oxygen atoms in total. The van der Waals surface area contributed by atoms with Gasteiger partial charge in [0.1, 0.15) is 0 Å².